The van der Waals surface area contributed by atoms with Gasteiger partial charge >= 0.3 is 17.1 Å². The molecular formula is C17H22FeOS+2. The monoisotopic (exact) mass is 330 g/mol. The molecule has 108 valence electrons. The van der Waals surface area contributed by atoms with E-state index in [1.54, 1.807) is 0 Å². The molecule has 1 nitrogen and oxygen atoms in total. The van der Waals surface area contributed by atoms with Gasteiger partial charge in [0.15, 0.2) is 0 Å². The number of ketones is 1. The summed E-state index contributed by atoms with van der Waals surface area (Å²) in [5.74, 6) is 3.29. The fourth-order valence-electron chi connectivity index (χ4n) is 1.54. The van der Waals surface area contributed by atoms with Gasteiger partial charge in [-0.2, -0.15) is 11.8 Å². The molecule has 0 atom stereocenters. The first-order valence-electron chi connectivity index (χ1n) is 6.84. The van der Waals surface area contributed by atoms with E-state index in [2.05, 4.69) is 6.92 Å². The molecule has 0 aromatic heterocycles. The largest absolute Gasteiger partial charge is 2.00 e. The Hall–Kier alpha value is 0.539. The summed E-state index contributed by atoms with van der Waals surface area (Å²) in [5, 5.41) is 0. The van der Waals surface area contributed by atoms with Crippen molar-refractivity contribution in [3.63, 3.8) is 0 Å². The summed E-state index contributed by atoms with van der Waals surface area (Å²) in [7, 11) is 0. The zero-order chi connectivity index (χ0) is 13.8. The molecule has 0 aromatic carbocycles. The molecule has 0 amide bonds. The minimum Gasteiger partial charge on any atom is -0.299 e. The minimum absolute atomic E-state index is 0. The van der Waals surface area contributed by atoms with E-state index < -0.39 is 0 Å². The summed E-state index contributed by atoms with van der Waals surface area (Å²) in [5.41, 5.74) is 0. The van der Waals surface area contributed by atoms with Crippen molar-refractivity contribution in [2.75, 3.05) is 11.5 Å². The first-order chi connectivity index (χ1) is 9.34. The van der Waals surface area contributed by atoms with E-state index in [4.69, 9.17) is 0 Å². The number of thioether (sulfide) groups is 1. The van der Waals surface area contributed by atoms with Crippen LogP contribution in [-0.4, -0.2) is 17.3 Å². The molecule has 20 heavy (non-hydrogen) atoms. The molecule has 0 unspecified atom stereocenters. The Balaban J connectivity index is 0.000000507. The number of unbranched alkanes of at least 4 members (excludes halogenated alkanes) is 1. The fourth-order valence-corrected chi connectivity index (χ4v) is 2.56. The first-order valence-corrected chi connectivity index (χ1v) is 7.99. The smallest absolute Gasteiger partial charge is 0.299 e. The van der Waals surface area contributed by atoms with Crippen LogP contribution in [0.3, 0.4) is 0 Å². The molecule has 0 saturated heterocycles. The molecule has 2 saturated carbocycles. The van der Waals surface area contributed by atoms with Crippen LogP contribution in [-0.2, 0) is 21.9 Å². The molecular weight excluding hydrogens is 308 g/mol. The van der Waals surface area contributed by atoms with Crippen molar-refractivity contribution >= 4 is 17.5 Å². The fraction of sp³-hybridized carbons (Fsp3) is 0.353. The second-order valence-corrected chi connectivity index (χ2v) is 5.50. The summed E-state index contributed by atoms with van der Waals surface area (Å²) in [4.78, 5) is 11.5. The van der Waals surface area contributed by atoms with Crippen molar-refractivity contribution < 1.29 is 21.9 Å². The van der Waals surface area contributed by atoms with E-state index in [0.29, 0.717) is 6.42 Å². The van der Waals surface area contributed by atoms with Gasteiger partial charge in [-0.1, -0.05) is 13.3 Å². The van der Waals surface area contributed by atoms with Gasteiger partial charge < -0.3 is 0 Å². The van der Waals surface area contributed by atoms with Gasteiger partial charge in [0.1, 0.15) is 5.78 Å². The summed E-state index contributed by atoms with van der Waals surface area (Å²) in [6, 6.07) is 0. The molecule has 0 aliphatic heterocycles. The molecule has 0 aromatic rings. The normalized spacial score (nSPS) is 18.2. The van der Waals surface area contributed by atoms with Crippen molar-refractivity contribution in [3.05, 3.63) is 63.7 Å². The Morgan fingerprint density at radius 3 is 2.00 bits per heavy atom. The van der Waals surface area contributed by atoms with Crippen LogP contribution in [0, 0.1) is 63.7 Å². The van der Waals surface area contributed by atoms with Crippen LogP contribution in [0.15, 0.2) is 0 Å². The standard InChI is InChI=1S/C12H17OS.C5H5.Fe/c1-2-3-9-14-10-8-12(13)11-6-4-5-7-11;1-2-4-5-3-1;/h4-7H,2-3,8-10H2,1H3;1-5H;/q;;+2. The van der Waals surface area contributed by atoms with E-state index >= 15 is 0 Å². The molecule has 0 N–H and O–H groups in total. The van der Waals surface area contributed by atoms with Crippen molar-refractivity contribution in [2.45, 2.75) is 26.2 Å². The third kappa shape index (κ3) is 10.3. The summed E-state index contributed by atoms with van der Waals surface area (Å²) >= 11 is 1.88. The quantitative estimate of drug-likeness (QED) is 0.520. The van der Waals surface area contributed by atoms with Crippen LogP contribution < -0.4 is 0 Å². The third-order valence-corrected chi connectivity index (χ3v) is 3.73. The molecule has 0 spiro atoms. The Morgan fingerprint density at radius 1 is 0.950 bits per heavy atom. The average molecular weight is 330 g/mol. The van der Waals surface area contributed by atoms with Gasteiger partial charge in [-0.05, 0) is 70.0 Å². The van der Waals surface area contributed by atoms with Gasteiger partial charge in [0, 0.05) is 18.1 Å². The Morgan fingerprint density at radius 2 is 1.50 bits per heavy atom. The van der Waals surface area contributed by atoms with Crippen molar-refractivity contribution in [1.82, 2.24) is 0 Å². The van der Waals surface area contributed by atoms with Crippen molar-refractivity contribution in [2.24, 2.45) is 0 Å². The van der Waals surface area contributed by atoms with E-state index in [0.717, 1.165) is 11.7 Å². The van der Waals surface area contributed by atoms with Gasteiger partial charge in [-0.3, -0.25) is 4.79 Å². The molecule has 2 aliphatic carbocycles. The number of Topliss-reactive ketones (excluding diaryl/α,β-unsaturated/α-hetero) is 1. The van der Waals surface area contributed by atoms with Crippen molar-refractivity contribution in [3.8, 4) is 0 Å². The van der Waals surface area contributed by atoms with Gasteiger partial charge in [-0.25, -0.2) is 0 Å². The Kier molecular flexibility index (Phi) is 14.9. The predicted molar refractivity (Wildman–Crippen MR) is 83.8 cm³/mol. The van der Waals surface area contributed by atoms with Crippen LogP contribution in [0.5, 0.6) is 0 Å². The van der Waals surface area contributed by atoms with Crippen LogP contribution in [0.25, 0.3) is 0 Å². The van der Waals surface area contributed by atoms with Crippen LogP contribution in [0.2, 0.25) is 0 Å². The summed E-state index contributed by atoms with van der Waals surface area (Å²) in [6.07, 6.45) is 20.8. The second kappa shape index (κ2) is 14.5. The van der Waals surface area contributed by atoms with Gasteiger partial charge in [0.2, 0.25) is 0 Å². The molecule has 10 radical (unpaired) electrons. The SMILES string of the molecule is CCCCSCCC(=O)[C]1[CH][CH][CH][CH]1.[CH]1[CH][CH][CH][CH]1.[Fe+2]. The minimum atomic E-state index is 0. The van der Waals surface area contributed by atoms with Crippen LogP contribution in [0.1, 0.15) is 26.2 Å². The number of hydrogen-bond acceptors (Lipinski definition) is 2. The van der Waals surface area contributed by atoms with Gasteiger partial charge in [-0.15, -0.1) is 0 Å². The number of carbonyl (C=O) groups is 1. The van der Waals surface area contributed by atoms with Gasteiger partial charge in [0.05, 0.1) is 0 Å². The third-order valence-electron chi connectivity index (χ3n) is 2.66. The average Bonchev–Trinajstić information content (AvgIpc) is 3.13. The zero-order valence-electron chi connectivity index (χ0n) is 11.9. The van der Waals surface area contributed by atoms with Crippen LogP contribution >= 0.6 is 11.8 Å². The first kappa shape index (κ1) is 20.5. The summed E-state index contributed by atoms with van der Waals surface area (Å²) in [6.45, 7) is 2.19. The van der Waals surface area contributed by atoms with E-state index in [1.807, 2.05) is 69.5 Å². The molecule has 2 aliphatic rings. The number of rotatable bonds is 7. The maximum atomic E-state index is 11.5. The topological polar surface area (TPSA) is 17.1 Å². The number of carbonyl (C=O) groups excluding carboxylic acids is 1. The molecule has 2 rings (SSSR count). The summed E-state index contributed by atoms with van der Waals surface area (Å²) < 4.78 is 0. The molecule has 2 fully saturated rings. The number of hydrogen-bond donors (Lipinski definition) is 0. The van der Waals surface area contributed by atoms with Crippen LogP contribution in [0.4, 0.5) is 0 Å². The molecule has 0 heterocycles. The van der Waals surface area contributed by atoms with Gasteiger partial charge in [0.25, 0.3) is 0 Å². The second-order valence-electron chi connectivity index (χ2n) is 4.27. The Labute approximate surface area is 140 Å². The zero-order valence-corrected chi connectivity index (χ0v) is 13.8. The Bertz CT molecular complexity index is 215. The maximum absolute atomic E-state index is 11.5. The van der Waals surface area contributed by atoms with E-state index in [9.17, 15) is 4.79 Å². The predicted octanol–water partition coefficient (Wildman–Crippen LogP) is 3.90. The molecule has 3 heteroatoms. The van der Waals surface area contributed by atoms with E-state index in [-0.39, 0.29) is 22.9 Å². The van der Waals surface area contributed by atoms with Crippen molar-refractivity contribution in [1.29, 1.82) is 0 Å². The van der Waals surface area contributed by atoms with E-state index in [1.165, 1.54) is 18.6 Å². The molecule has 0 bridgehead atoms. The maximum Gasteiger partial charge on any atom is 2.00 e.